The molecule has 4 rings (SSSR count). The van der Waals surface area contributed by atoms with Gasteiger partial charge in [-0.15, -0.1) is 0 Å². The summed E-state index contributed by atoms with van der Waals surface area (Å²) in [6, 6.07) is 17.7. The van der Waals surface area contributed by atoms with E-state index in [0.717, 1.165) is 25.0 Å². The molecule has 0 amide bonds. The number of ether oxygens (including phenoxy) is 1. The van der Waals surface area contributed by atoms with Gasteiger partial charge in [-0.1, -0.05) is 30.3 Å². The highest BCUT2D eigenvalue weighted by molar-refractivity contribution is 7.89. The molecule has 0 bridgehead atoms. The van der Waals surface area contributed by atoms with Gasteiger partial charge >= 0.3 is 0 Å². The van der Waals surface area contributed by atoms with E-state index in [1.54, 1.807) is 19.2 Å². The van der Waals surface area contributed by atoms with Crippen molar-refractivity contribution in [1.29, 1.82) is 5.26 Å². The first kappa shape index (κ1) is 22.0. The summed E-state index contributed by atoms with van der Waals surface area (Å²) in [5.74, 6) is 0.537. The molecule has 1 atom stereocenters. The molecule has 1 fully saturated rings. The Morgan fingerprint density at radius 1 is 1.19 bits per heavy atom. The maximum Gasteiger partial charge on any atom is 0.243 e. The van der Waals surface area contributed by atoms with Gasteiger partial charge in [0.25, 0.3) is 0 Å². The lowest BCUT2D eigenvalue weighted by atomic mass is 10.2. The van der Waals surface area contributed by atoms with Crippen LogP contribution in [-0.4, -0.2) is 44.0 Å². The number of benzene rings is 2. The zero-order valence-electron chi connectivity index (χ0n) is 17.7. The summed E-state index contributed by atoms with van der Waals surface area (Å²) >= 11 is 0. The van der Waals surface area contributed by atoms with E-state index >= 15 is 0 Å². The smallest absolute Gasteiger partial charge is 0.243 e. The van der Waals surface area contributed by atoms with Crippen molar-refractivity contribution in [3.05, 3.63) is 65.9 Å². The average Bonchev–Trinajstić information content (AvgIpc) is 3.48. The van der Waals surface area contributed by atoms with E-state index in [1.807, 2.05) is 36.4 Å². The molecule has 1 aromatic heterocycles. The Bertz CT molecular complexity index is 1200. The third kappa shape index (κ3) is 4.83. The maximum absolute atomic E-state index is 12.9. The predicted molar refractivity (Wildman–Crippen MR) is 119 cm³/mol. The Kier molecular flexibility index (Phi) is 6.55. The van der Waals surface area contributed by atoms with Crippen molar-refractivity contribution in [3.63, 3.8) is 0 Å². The second-order valence-electron chi connectivity index (χ2n) is 7.60. The molecule has 32 heavy (non-hydrogen) atoms. The van der Waals surface area contributed by atoms with Crippen LogP contribution in [0.15, 0.2) is 63.9 Å². The fourth-order valence-electron chi connectivity index (χ4n) is 3.53. The van der Waals surface area contributed by atoms with Crippen LogP contribution in [0.1, 0.15) is 24.1 Å². The van der Waals surface area contributed by atoms with Crippen LogP contribution in [0.3, 0.4) is 0 Å². The largest absolute Gasteiger partial charge is 0.419 e. The SMILES string of the molecule is CN(Cc1ccccc1)S(=O)(=O)c1ccc(-c2nc(C#N)c(NC[C@@H]3CCCO3)o2)cc1. The number of aromatic nitrogens is 1. The van der Waals surface area contributed by atoms with Gasteiger partial charge in [0.2, 0.25) is 27.5 Å². The van der Waals surface area contributed by atoms with Gasteiger partial charge in [0.15, 0.2) is 0 Å². The van der Waals surface area contributed by atoms with Crippen molar-refractivity contribution >= 4 is 15.9 Å². The van der Waals surface area contributed by atoms with Crippen molar-refractivity contribution in [2.45, 2.75) is 30.4 Å². The molecule has 2 heterocycles. The van der Waals surface area contributed by atoms with Crippen LogP contribution in [0, 0.1) is 11.3 Å². The Morgan fingerprint density at radius 2 is 1.94 bits per heavy atom. The molecule has 0 unspecified atom stereocenters. The zero-order valence-corrected chi connectivity index (χ0v) is 18.5. The van der Waals surface area contributed by atoms with Gasteiger partial charge in [-0.3, -0.25) is 0 Å². The molecule has 9 heteroatoms. The van der Waals surface area contributed by atoms with E-state index < -0.39 is 10.0 Å². The van der Waals surface area contributed by atoms with E-state index in [2.05, 4.69) is 10.3 Å². The highest BCUT2D eigenvalue weighted by atomic mass is 32.2. The zero-order chi connectivity index (χ0) is 22.6. The number of hydrogen-bond donors (Lipinski definition) is 1. The third-order valence-electron chi connectivity index (χ3n) is 5.30. The Hall–Kier alpha value is -3.19. The summed E-state index contributed by atoms with van der Waals surface area (Å²) in [4.78, 5) is 4.41. The molecule has 1 N–H and O–H groups in total. The van der Waals surface area contributed by atoms with Gasteiger partial charge in [0, 0.05) is 32.3 Å². The molecule has 2 aromatic carbocycles. The van der Waals surface area contributed by atoms with Crippen molar-refractivity contribution in [1.82, 2.24) is 9.29 Å². The molecule has 166 valence electrons. The third-order valence-corrected chi connectivity index (χ3v) is 7.12. The number of nitrogens with zero attached hydrogens (tertiary/aromatic N) is 3. The fraction of sp³-hybridized carbons (Fsp3) is 0.304. The Morgan fingerprint density at radius 3 is 2.59 bits per heavy atom. The fourth-order valence-corrected chi connectivity index (χ4v) is 4.68. The van der Waals surface area contributed by atoms with Gasteiger partial charge in [-0.05, 0) is 42.7 Å². The van der Waals surface area contributed by atoms with Gasteiger partial charge < -0.3 is 14.5 Å². The first-order valence-corrected chi connectivity index (χ1v) is 11.8. The lowest BCUT2D eigenvalue weighted by Gasteiger charge is -2.17. The number of oxazole rings is 1. The van der Waals surface area contributed by atoms with Crippen molar-refractivity contribution in [2.24, 2.45) is 0 Å². The monoisotopic (exact) mass is 452 g/mol. The number of nitriles is 1. The average molecular weight is 453 g/mol. The molecule has 0 spiro atoms. The van der Waals surface area contributed by atoms with Crippen molar-refractivity contribution in [2.75, 3.05) is 25.5 Å². The highest BCUT2D eigenvalue weighted by Crippen LogP contribution is 2.27. The molecule has 1 aliphatic rings. The minimum Gasteiger partial charge on any atom is -0.419 e. The van der Waals surface area contributed by atoms with Crippen LogP contribution >= 0.6 is 0 Å². The quantitative estimate of drug-likeness (QED) is 0.556. The molecule has 3 aromatic rings. The van der Waals surface area contributed by atoms with Crippen LogP contribution in [0.2, 0.25) is 0 Å². The van der Waals surface area contributed by atoms with Crippen molar-refractivity contribution < 1.29 is 17.6 Å². The molecule has 0 aliphatic carbocycles. The van der Waals surface area contributed by atoms with E-state index in [4.69, 9.17) is 9.15 Å². The first-order chi connectivity index (χ1) is 15.5. The second-order valence-corrected chi connectivity index (χ2v) is 9.64. The minimum atomic E-state index is -3.66. The predicted octanol–water partition coefficient (Wildman–Crippen LogP) is 3.62. The standard InChI is InChI=1S/C23H24N4O4S/c1-27(16-17-6-3-2-4-7-17)32(28,29)20-11-9-18(10-12-20)22-26-21(14-24)23(31-22)25-15-19-8-5-13-30-19/h2-4,6-7,9-12,19,25H,5,8,13,15-16H2,1H3/t19-/m0/s1. The summed E-state index contributed by atoms with van der Waals surface area (Å²) in [5.41, 5.74) is 1.63. The summed E-state index contributed by atoms with van der Waals surface area (Å²) in [6.07, 6.45) is 2.08. The summed E-state index contributed by atoms with van der Waals surface area (Å²) in [7, 11) is -2.11. The number of nitrogens with one attached hydrogen (secondary N) is 1. The van der Waals surface area contributed by atoms with Crippen LogP contribution < -0.4 is 5.32 Å². The van der Waals surface area contributed by atoms with Crippen LogP contribution in [-0.2, 0) is 21.3 Å². The molecule has 0 saturated carbocycles. The summed E-state index contributed by atoms with van der Waals surface area (Å²) in [6.45, 7) is 1.55. The topological polar surface area (TPSA) is 108 Å². The first-order valence-electron chi connectivity index (χ1n) is 10.3. The lowest BCUT2D eigenvalue weighted by molar-refractivity contribution is 0.120. The van der Waals surface area contributed by atoms with Crippen LogP contribution in [0.25, 0.3) is 11.5 Å². The van der Waals surface area contributed by atoms with Crippen molar-refractivity contribution in [3.8, 4) is 17.5 Å². The maximum atomic E-state index is 12.9. The number of hydrogen-bond acceptors (Lipinski definition) is 7. The Balaban J connectivity index is 1.48. The number of anilines is 1. The number of sulfonamides is 1. The number of rotatable bonds is 8. The normalized spacial score (nSPS) is 16.2. The minimum absolute atomic E-state index is 0.0902. The molecule has 1 saturated heterocycles. The van der Waals surface area contributed by atoms with E-state index in [0.29, 0.717) is 12.1 Å². The molecule has 1 aliphatic heterocycles. The lowest BCUT2D eigenvalue weighted by Crippen LogP contribution is -2.26. The highest BCUT2D eigenvalue weighted by Gasteiger charge is 2.22. The van der Waals surface area contributed by atoms with Gasteiger partial charge in [-0.2, -0.15) is 14.6 Å². The van der Waals surface area contributed by atoms with Gasteiger partial charge in [0.1, 0.15) is 6.07 Å². The van der Waals surface area contributed by atoms with Crippen LogP contribution in [0.5, 0.6) is 0 Å². The molecular formula is C23H24N4O4S. The molecular weight excluding hydrogens is 428 g/mol. The molecule has 0 radical (unpaired) electrons. The van der Waals surface area contributed by atoms with E-state index in [9.17, 15) is 13.7 Å². The second kappa shape index (κ2) is 9.53. The summed E-state index contributed by atoms with van der Waals surface area (Å²) in [5, 5.41) is 12.5. The van der Waals surface area contributed by atoms with Crippen LogP contribution in [0.4, 0.5) is 5.88 Å². The van der Waals surface area contributed by atoms with Gasteiger partial charge in [0.05, 0.1) is 11.0 Å². The van der Waals surface area contributed by atoms with E-state index in [1.165, 1.54) is 16.4 Å². The summed E-state index contributed by atoms with van der Waals surface area (Å²) < 4.78 is 38.5. The molecule has 8 nitrogen and oxygen atoms in total. The van der Waals surface area contributed by atoms with Gasteiger partial charge in [-0.25, -0.2) is 8.42 Å². The van der Waals surface area contributed by atoms with E-state index in [-0.39, 0.29) is 35.0 Å². The Labute approximate surface area is 187 Å².